The van der Waals surface area contributed by atoms with Crippen molar-refractivity contribution in [2.75, 3.05) is 32.8 Å². The van der Waals surface area contributed by atoms with Crippen molar-refractivity contribution in [3.05, 3.63) is 0 Å². The normalized spacial score (nSPS) is 29.1. The van der Waals surface area contributed by atoms with Crippen LogP contribution in [0.5, 0.6) is 0 Å². The minimum absolute atomic E-state index is 0.296. The predicted molar refractivity (Wildman–Crippen MR) is 82.6 cm³/mol. The Bertz CT molecular complexity index is 245. The van der Waals surface area contributed by atoms with Crippen molar-refractivity contribution in [1.82, 2.24) is 10.2 Å². The van der Waals surface area contributed by atoms with Crippen LogP contribution >= 0.6 is 0 Å². The Morgan fingerprint density at radius 1 is 1.37 bits per heavy atom. The molecule has 1 rings (SSSR count). The molecule has 1 fully saturated rings. The van der Waals surface area contributed by atoms with Crippen molar-refractivity contribution in [3.8, 4) is 0 Å². The number of nitrogens with one attached hydrogen (secondary N) is 1. The molecule has 0 bridgehead atoms. The minimum atomic E-state index is 0.296. The predicted octanol–water partition coefficient (Wildman–Crippen LogP) is 2.90. The Morgan fingerprint density at radius 3 is 2.68 bits per heavy atom. The topological polar surface area (TPSA) is 24.5 Å². The second-order valence-electron chi connectivity index (χ2n) is 6.65. The van der Waals surface area contributed by atoms with Gasteiger partial charge in [-0.25, -0.2) is 0 Å². The lowest BCUT2D eigenvalue weighted by Crippen LogP contribution is -2.62. The lowest BCUT2D eigenvalue weighted by molar-refractivity contribution is 0.0596. The van der Waals surface area contributed by atoms with Crippen LogP contribution in [0.4, 0.5) is 0 Å². The van der Waals surface area contributed by atoms with Crippen LogP contribution in [0.2, 0.25) is 0 Å². The van der Waals surface area contributed by atoms with Gasteiger partial charge in [-0.05, 0) is 32.1 Å². The summed E-state index contributed by atoms with van der Waals surface area (Å²) >= 11 is 0. The van der Waals surface area contributed by atoms with E-state index in [0.717, 1.165) is 26.2 Å². The maximum atomic E-state index is 5.69. The van der Waals surface area contributed by atoms with E-state index in [2.05, 4.69) is 44.8 Å². The molecule has 0 aromatic heterocycles. The van der Waals surface area contributed by atoms with E-state index < -0.39 is 0 Å². The Morgan fingerprint density at radius 2 is 2.11 bits per heavy atom. The third-order valence-corrected chi connectivity index (χ3v) is 4.27. The fraction of sp³-hybridized carbons (Fsp3) is 1.00. The molecule has 1 heterocycles. The van der Waals surface area contributed by atoms with Gasteiger partial charge < -0.3 is 10.1 Å². The second kappa shape index (κ2) is 8.23. The summed E-state index contributed by atoms with van der Waals surface area (Å²) in [6, 6.07) is 0.699. The van der Waals surface area contributed by atoms with Crippen LogP contribution < -0.4 is 5.32 Å². The zero-order chi connectivity index (χ0) is 14.3. The molecular formula is C16H34N2O. The quantitative estimate of drug-likeness (QED) is 0.686. The summed E-state index contributed by atoms with van der Waals surface area (Å²) in [6.45, 7) is 16.6. The Balaban J connectivity index is 2.31. The highest BCUT2D eigenvalue weighted by Crippen LogP contribution is 2.20. The molecule has 0 saturated carbocycles. The third kappa shape index (κ3) is 5.80. The fourth-order valence-corrected chi connectivity index (χ4v) is 2.72. The monoisotopic (exact) mass is 270 g/mol. The van der Waals surface area contributed by atoms with Gasteiger partial charge in [0.1, 0.15) is 0 Å². The molecule has 0 amide bonds. The molecule has 0 spiro atoms. The van der Waals surface area contributed by atoms with Crippen LogP contribution in [0.15, 0.2) is 0 Å². The minimum Gasteiger partial charge on any atom is -0.381 e. The van der Waals surface area contributed by atoms with E-state index in [1.165, 1.54) is 25.9 Å². The van der Waals surface area contributed by atoms with Crippen LogP contribution in [0.1, 0.15) is 53.9 Å². The molecule has 2 atom stereocenters. The van der Waals surface area contributed by atoms with Crippen molar-refractivity contribution < 1.29 is 4.74 Å². The van der Waals surface area contributed by atoms with Gasteiger partial charge in [-0.1, -0.05) is 27.7 Å². The standard InChI is InChI=1S/C16H34N2O/c1-6-15-11-17-16(5,7-2)13-18(15)9-8-10-19-12-14(3)4/h14-15,17H,6-13H2,1-5H3. The van der Waals surface area contributed by atoms with E-state index in [9.17, 15) is 0 Å². The summed E-state index contributed by atoms with van der Waals surface area (Å²) in [6.07, 6.45) is 3.59. The first-order chi connectivity index (χ1) is 9.00. The first kappa shape index (κ1) is 16.9. The molecule has 1 saturated heterocycles. The number of piperazine rings is 1. The zero-order valence-corrected chi connectivity index (χ0v) is 13.7. The van der Waals surface area contributed by atoms with Crippen LogP contribution in [0, 0.1) is 5.92 Å². The van der Waals surface area contributed by atoms with Gasteiger partial charge in [0.25, 0.3) is 0 Å². The number of rotatable bonds is 8. The third-order valence-electron chi connectivity index (χ3n) is 4.27. The largest absolute Gasteiger partial charge is 0.381 e. The van der Waals surface area contributed by atoms with E-state index in [0.29, 0.717) is 17.5 Å². The van der Waals surface area contributed by atoms with Crippen molar-refractivity contribution in [1.29, 1.82) is 0 Å². The highest BCUT2D eigenvalue weighted by atomic mass is 16.5. The molecule has 3 heteroatoms. The van der Waals surface area contributed by atoms with Gasteiger partial charge in [0.2, 0.25) is 0 Å². The fourth-order valence-electron chi connectivity index (χ4n) is 2.72. The molecule has 1 aliphatic rings. The molecule has 2 unspecified atom stereocenters. The van der Waals surface area contributed by atoms with E-state index in [1.54, 1.807) is 0 Å². The van der Waals surface area contributed by atoms with E-state index >= 15 is 0 Å². The summed E-state index contributed by atoms with van der Waals surface area (Å²) in [7, 11) is 0. The van der Waals surface area contributed by atoms with Crippen molar-refractivity contribution >= 4 is 0 Å². The van der Waals surface area contributed by atoms with Crippen molar-refractivity contribution in [2.45, 2.75) is 65.5 Å². The van der Waals surface area contributed by atoms with Gasteiger partial charge in [-0.15, -0.1) is 0 Å². The Kier molecular flexibility index (Phi) is 7.33. The summed E-state index contributed by atoms with van der Waals surface area (Å²) in [4.78, 5) is 2.67. The van der Waals surface area contributed by atoms with Crippen LogP contribution in [-0.2, 0) is 4.74 Å². The number of hydrogen-bond acceptors (Lipinski definition) is 3. The Hall–Kier alpha value is -0.120. The highest BCUT2D eigenvalue weighted by molar-refractivity contribution is 4.93. The number of ether oxygens (including phenoxy) is 1. The van der Waals surface area contributed by atoms with Gasteiger partial charge in [0.05, 0.1) is 0 Å². The first-order valence-corrected chi connectivity index (χ1v) is 8.07. The lowest BCUT2D eigenvalue weighted by atomic mass is 9.92. The maximum Gasteiger partial charge on any atom is 0.0489 e. The highest BCUT2D eigenvalue weighted by Gasteiger charge is 2.33. The Labute approximate surface area is 120 Å². The average molecular weight is 270 g/mol. The van der Waals surface area contributed by atoms with Crippen LogP contribution in [-0.4, -0.2) is 49.3 Å². The van der Waals surface area contributed by atoms with E-state index in [1.807, 2.05) is 0 Å². The summed E-state index contributed by atoms with van der Waals surface area (Å²) in [5, 5.41) is 3.72. The molecule has 0 radical (unpaired) electrons. The zero-order valence-electron chi connectivity index (χ0n) is 13.7. The van der Waals surface area contributed by atoms with E-state index in [-0.39, 0.29) is 0 Å². The van der Waals surface area contributed by atoms with Gasteiger partial charge in [-0.2, -0.15) is 0 Å². The second-order valence-corrected chi connectivity index (χ2v) is 6.65. The van der Waals surface area contributed by atoms with Crippen molar-refractivity contribution in [3.63, 3.8) is 0 Å². The van der Waals surface area contributed by atoms with Gasteiger partial charge in [-0.3, -0.25) is 4.90 Å². The van der Waals surface area contributed by atoms with Crippen molar-refractivity contribution in [2.24, 2.45) is 5.92 Å². The molecule has 114 valence electrons. The number of nitrogens with zero attached hydrogens (tertiary/aromatic N) is 1. The molecular weight excluding hydrogens is 236 g/mol. The molecule has 1 aliphatic heterocycles. The van der Waals surface area contributed by atoms with E-state index in [4.69, 9.17) is 4.74 Å². The molecule has 19 heavy (non-hydrogen) atoms. The van der Waals surface area contributed by atoms with Crippen LogP contribution in [0.25, 0.3) is 0 Å². The average Bonchev–Trinajstić information content (AvgIpc) is 2.38. The lowest BCUT2D eigenvalue weighted by Gasteiger charge is -2.46. The summed E-state index contributed by atoms with van der Waals surface area (Å²) in [5.74, 6) is 0.644. The number of hydrogen-bond donors (Lipinski definition) is 1. The van der Waals surface area contributed by atoms with Gasteiger partial charge in [0.15, 0.2) is 0 Å². The SMILES string of the molecule is CCC1CNC(C)(CC)CN1CCCOCC(C)C. The summed E-state index contributed by atoms with van der Waals surface area (Å²) in [5.41, 5.74) is 0.296. The maximum absolute atomic E-state index is 5.69. The summed E-state index contributed by atoms with van der Waals surface area (Å²) < 4.78 is 5.69. The molecule has 3 nitrogen and oxygen atoms in total. The molecule has 0 aromatic rings. The smallest absolute Gasteiger partial charge is 0.0489 e. The van der Waals surface area contributed by atoms with Gasteiger partial charge in [0, 0.05) is 44.4 Å². The first-order valence-electron chi connectivity index (χ1n) is 8.07. The molecule has 0 aliphatic carbocycles. The molecule has 1 N–H and O–H groups in total. The molecule has 0 aromatic carbocycles. The van der Waals surface area contributed by atoms with Crippen LogP contribution in [0.3, 0.4) is 0 Å². The van der Waals surface area contributed by atoms with Gasteiger partial charge >= 0.3 is 0 Å².